The van der Waals surface area contributed by atoms with Crippen molar-refractivity contribution in [3.05, 3.63) is 95.1 Å². The summed E-state index contributed by atoms with van der Waals surface area (Å²) in [4.78, 5) is 0. The van der Waals surface area contributed by atoms with Crippen molar-refractivity contribution >= 4 is 23.5 Å². The van der Waals surface area contributed by atoms with Crippen LogP contribution < -0.4 is 11.1 Å². The van der Waals surface area contributed by atoms with Gasteiger partial charge >= 0.3 is 0 Å². The molecule has 2 nitrogen and oxygen atoms in total. The minimum atomic E-state index is 0.328. The number of nitrogens with two attached hydrogens (primary N) is 1. The summed E-state index contributed by atoms with van der Waals surface area (Å²) in [6.07, 6.45) is 5.20. The van der Waals surface area contributed by atoms with E-state index in [1.807, 2.05) is 18.2 Å². The Bertz CT molecular complexity index is 867. The molecule has 1 heterocycles. The average Bonchev–Trinajstić information content (AvgIpc) is 3.04. The van der Waals surface area contributed by atoms with Crippen molar-refractivity contribution in [3.63, 3.8) is 0 Å². The van der Waals surface area contributed by atoms with Gasteiger partial charge in [0.2, 0.25) is 0 Å². The summed E-state index contributed by atoms with van der Waals surface area (Å²) in [5, 5.41) is 3.59. The maximum atomic E-state index is 6.25. The van der Waals surface area contributed by atoms with Gasteiger partial charge in [-0.25, -0.2) is 0 Å². The Morgan fingerprint density at radius 2 is 1.58 bits per heavy atom. The maximum absolute atomic E-state index is 6.25. The SMILES string of the molecule is Nc1cc2c(cc1C=Cc1ccccc1)C[C@H](c1ccccc1)N2. The molecule has 3 aromatic rings. The fourth-order valence-electron chi connectivity index (χ4n) is 3.22. The number of benzene rings is 3. The highest BCUT2D eigenvalue weighted by Crippen LogP contribution is 2.37. The molecule has 2 heteroatoms. The summed E-state index contributed by atoms with van der Waals surface area (Å²) in [5.74, 6) is 0. The molecular formula is C22H20N2. The summed E-state index contributed by atoms with van der Waals surface area (Å²) in [7, 11) is 0. The Labute approximate surface area is 142 Å². The van der Waals surface area contributed by atoms with Gasteiger partial charge in [-0.05, 0) is 40.8 Å². The Hall–Kier alpha value is -3.00. The number of anilines is 2. The lowest BCUT2D eigenvalue weighted by molar-refractivity contribution is 0.824. The van der Waals surface area contributed by atoms with Gasteiger partial charge in [-0.1, -0.05) is 72.8 Å². The van der Waals surface area contributed by atoms with E-state index in [-0.39, 0.29) is 0 Å². The van der Waals surface area contributed by atoms with Crippen LogP contribution in [0.4, 0.5) is 11.4 Å². The minimum Gasteiger partial charge on any atom is -0.398 e. The average molecular weight is 312 g/mol. The lowest BCUT2D eigenvalue weighted by Gasteiger charge is -2.11. The number of nitrogen functional groups attached to an aromatic ring is 1. The van der Waals surface area contributed by atoms with Crippen LogP contribution in [0.25, 0.3) is 12.2 Å². The summed E-state index contributed by atoms with van der Waals surface area (Å²) >= 11 is 0. The number of rotatable bonds is 3. The molecule has 0 saturated carbocycles. The van der Waals surface area contributed by atoms with Gasteiger partial charge in [-0.2, -0.15) is 0 Å². The molecule has 0 saturated heterocycles. The number of hydrogen-bond donors (Lipinski definition) is 2. The quantitative estimate of drug-likeness (QED) is 0.518. The van der Waals surface area contributed by atoms with E-state index in [1.165, 1.54) is 16.7 Å². The van der Waals surface area contributed by atoms with Crippen LogP contribution in [0.2, 0.25) is 0 Å². The van der Waals surface area contributed by atoms with Gasteiger partial charge in [0.05, 0.1) is 6.04 Å². The van der Waals surface area contributed by atoms with E-state index in [2.05, 4.69) is 72.1 Å². The molecule has 1 aliphatic rings. The molecule has 24 heavy (non-hydrogen) atoms. The Balaban J connectivity index is 1.60. The molecule has 3 N–H and O–H groups in total. The summed E-state index contributed by atoms with van der Waals surface area (Å²) < 4.78 is 0. The molecule has 0 aromatic heterocycles. The van der Waals surface area contributed by atoms with E-state index in [4.69, 9.17) is 5.73 Å². The monoisotopic (exact) mass is 312 g/mol. The first kappa shape index (κ1) is 14.6. The lowest BCUT2D eigenvalue weighted by atomic mass is 10.0. The Morgan fingerprint density at radius 3 is 2.33 bits per heavy atom. The number of nitrogens with one attached hydrogen (secondary N) is 1. The second-order valence-corrected chi connectivity index (χ2v) is 6.19. The van der Waals surface area contributed by atoms with Gasteiger partial charge in [0.25, 0.3) is 0 Å². The zero-order valence-corrected chi connectivity index (χ0v) is 13.4. The molecule has 118 valence electrons. The van der Waals surface area contributed by atoms with Gasteiger partial charge in [0, 0.05) is 11.4 Å². The second kappa shape index (κ2) is 6.25. The van der Waals surface area contributed by atoms with Crippen molar-refractivity contribution in [2.45, 2.75) is 12.5 Å². The molecular weight excluding hydrogens is 292 g/mol. The molecule has 0 unspecified atom stereocenters. The van der Waals surface area contributed by atoms with Gasteiger partial charge < -0.3 is 11.1 Å². The largest absolute Gasteiger partial charge is 0.398 e. The number of fused-ring (bicyclic) bond motifs is 1. The third-order valence-electron chi connectivity index (χ3n) is 4.52. The van der Waals surface area contributed by atoms with Crippen LogP contribution in [-0.2, 0) is 6.42 Å². The maximum Gasteiger partial charge on any atom is 0.0555 e. The Morgan fingerprint density at radius 1 is 0.875 bits per heavy atom. The second-order valence-electron chi connectivity index (χ2n) is 6.19. The highest BCUT2D eigenvalue weighted by Gasteiger charge is 2.22. The molecule has 3 aromatic carbocycles. The van der Waals surface area contributed by atoms with E-state index in [9.17, 15) is 0 Å². The van der Waals surface area contributed by atoms with Crippen molar-refractivity contribution in [2.75, 3.05) is 11.1 Å². The van der Waals surface area contributed by atoms with E-state index in [1.54, 1.807) is 0 Å². The van der Waals surface area contributed by atoms with E-state index >= 15 is 0 Å². The van der Waals surface area contributed by atoms with Crippen molar-refractivity contribution in [3.8, 4) is 0 Å². The van der Waals surface area contributed by atoms with Crippen LogP contribution in [0.15, 0.2) is 72.8 Å². The molecule has 0 fully saturated rings. The first-order valence-corrected chi connectivity index (χ1v) is 8.26. The van der Waals surface area contributed by atoms with Crippen molar-refractivity contribution in [1.29, 1.82) is 0 Å². The zero-order chi connectivity index (χ0) is 16.4. The van der Waals surface area contributed by atoms with Crippen molar-refractivity contribution in [1.82, 2.24) is 0 Å². The van der Waals surface area contributed by atoms with Gasteiger partial charge in [-0.3, -0.25) is 0 Å². The van der Waals surface area contributed by atoms with Crippen LogP contribution in [-0.4, -0.2) is 0 Å². The molecule has 0 amide bonds. The van der Waals surface area contributed by atoms with Crippen molar-refractivity contribution in [2.24, 2.45) is 0 Å². The molecule has 0 aliphatic carbocycles. The fraction of sp³-hybridized carbons (Fsp3) is 0.0909. The molecule has 0 spiro atoms. The van der Waals surface area contributed by atoms with E-state index in [0.717, 1.165) is 23.4 Å². The van der Waals surface area contributed by atoms with Crippen LogP contribution in [0.3, 0.4) is 0 Å². The summed E-state index contributed by atoms with van der Waals surface area (Å²) in [5.41, 5.74) is 13.1. The van der Waals surface area contributed by atoms with E-state index < -0.39 is 0 Å². The van der Waals surface area contributed by atoms with Crippen LogP contribution in [0.1, 0.15) is 28.3 Å². The standard InChI is InChI=1S/C22H20N2/c23-20-15-22-19(14-21(24-22)17-9-5-2-6-10-17)13-18(20)12-11-16-7-3-1-4-8-16/h1-13,15,21,24H,14,23H2/t21-/m1/s1. The molecule has 0 bridgehead atoms. The molecule has 0 radical (unpaired) electrons. The molecule has 4 rings (SSSR count). The number of hydrogen-bond acceptors (Lipinski definition) is 2. The van der Waals surface area contributed by atoms with Gasteiger partial charge in [0.15, 0.2) is 0 Å². The third-order valence-corrected chi connectivity index (χ3v) is 4.52. The summed E-state index contributed by atoms with van der Waals surface area (Å²) in [6.45, 7) is 0. The van der Waals surface area contributed by atoms with Crippen LogP contribution >= 0.6 is 0 Å². The zero-order valence-electron chi connectivity index (χ0n) is 13.4. The first-order chi connectivity index (χ1) is 11.8. The predicted molar refractivity (Wildman–Crippen MR) is 103 cm³/mol. The predicted octanol–water partition coefficient (Wildman–Crippen LogP) is 5.15. The van der Waals surface area contributed by atoms with Gasteiger partial charge in [-0.15, -0.1) is 0 Å². The topological polar surface area (TPSA) is 38.0 Å². The third kappa shape index (κ3) is 2.91. The van der Waals surface area contributed by atoms with Crippen molar-refractivity contribution < 1.29 is 0 Å². The highest BCUT2D eigenvalue weighted by atomic mass is 15.0. The lowest BCUT2D eigenvalue weighted by Crippen LogP contribution is -2.04. The van der Waals surface area contributed by atoms with E-state index in [0.29, 0.717) is 6.04 Å². The molecule has 1 atom stereocenters. The minimum absolute atomic E-state index is 0.328. The van der Waals surface area contributed by atoms with Crippen LogP contribution in [0, 0.1) is 0 Å². The van der Waals surface area contributed by atoms with Gasteiger partial charge in [0.1, 0.15) is 0 Å². The van der Waals surface area contributed by atoms with Crippen LogP contribution in [0.5, 0.6) is 0 Å². The smallest absolute Gasteiger partial charge is 0.0555 e. The summed E-state index contributed by atoms with van der Waals surface area (Å²) in [6, 6.07) is 25.4. The first-order valence-electron chi connectivity index (χ1n) is 8.26. The Kier molecular flexibility index (Phi) is 3.80. The fourth-order valence-corrected chi connectivity index (χ4v) is 3.22. The normalized spacial score (nSPS) is 16.1. The highest BCUT2D eigenvalue weighted by molar-refractivity contribution is 5.79. The molecule has 1 aliphatic heterocycles.